The number of carbonyl (C=O) groups is 2. The third-order valence-corrected chi connectivity index (χ3v) is 5.68. The van der Waals surface area contributed by atoms with Crippen LogP contribution in [0.25, 0.3) is 0 Å². The fourth-order valence-electron chi connectivity index (χ4n) is 3.98. The first-order valence-corrected chi connectivity index (χ1v) is 10.4. The lowest BCUT2D eigenvalue weighted by atomic mass is 9.87. The molecule has 3 rings (SSSR count). The van der Waals surface area contributed by atoms with Crippen LogP contribution in [0.5, 0.6) is 11.5 Å². The molecule has 2 aromatic carbocycles. The molecule has 1 heterocycles. The molecule has 0 unspecified atom stereocenters. The van der Waals surface area contributed by atoms with E-state index in [1.807, 2.05) is 26.0 Å². The molecule has 0 aromatic heterocycles. The molecule has 2 aromatic rings. The van der Waals surface area contributed by atoms with Gasteiger partial charge in [-0.05, 0) is 35.9 Å². The zero-order valence-corrected chi connectivity index (χ0v) is 18.4. The summed E-state index contributed by atoms with van der Waals surface area (Å²) in [5, 5.41) is 2.94. The van der Waals surface area contributed by atoms with Crippen LogP contribution >= 0.6 is 0 Å². The van der Waals surface area contributed by atoms with Crippen molar-refractivity contribution >= 4 is 11.8 Å². The average Bonchev–Trinajstić information content (AvgIpc) is 3.22. The Balaban J connectivity index is 1.86. The van der Waals surface area contributed by atoms with Gasteiger partial charge in [0.25, 0.3) is 0 Å². The van der Waals surface area contributed by atoms with Crippen molar-refractivity contribution in [2.24, 2.45) is 11.8 Å². The van der Waals surface area contributed by atoms with Crippen LogP contribution in [0.4, 0.5) is 4.39 Å². The first kappa shape index (κ1) is 22.6. The van der Waals surface area contributed by atoms with Gasteiger partial charge in [-0.1, -0.05) is 26.0 Å². The maximum absolute atomic E-state index is 13.2. The topological polar surface area (TPSA) is 67.9 Å². The van der Waals surface area contributed by atoms with Gasteiger partial charge in [-0.15, -0.1) is 0 Å². The third-order valence-electron chi connectivity index (χ3n) is 5.68. The minimum absolute atomic E-state index is 0.0145. The van der Waals surface area contributed by atoms with Crippen molar-refractivity contribution in [1.82, 2.24) is 10.2 Å². The third kappa shape index (κ3) is 5.16. The largest absolute Gasteiger partial charge is 0.497 e. The summed E-state index contributed by atoms with van der Waals surface area (Å²) >= 11 is 0. The van der Waals surface area contributed by atoms with E-state index in [2.05, 4.69) is 5.32 Å². The number of hydrogen-bond acceptors (Lipinski definition) is 4. The van der Waals surface area contributed by atoms with E-state index in [1.165, 1.54) is 12.1 Å². The van der Waals surface area contributed by atoms with Gasteiger partial charge in [0.2, 0.25) is 11.8 Å². The Morgan fingerprint density at radius 2 is 1.81 bits per heavy atom. The van der Waals surface area contributed by atoms with Gasteiger partial charge >= 0.3 is 0 Å². The number of nitrogens with zero attached hydrogens (tertiary/aromatic N) is 1. The number of benzene rings is 2. The van der Waals surface area contributed by atoms with Crippen LogP contribution in [0.1, 0.15) is 30.9 Å². The number of rotatable bonds is 7. The Morgan fingerprint density at radius 1 is 1.10 bits per heavy atom. The number of carbonyl (C=O) groups excluding carboxylic acids is 2. The summed E-state index contributed by atoms with van der Waals surface area (Å²) in [5.41, 5.74) is 1.64. The van der Waals surface area contributed by atoms with Gasteiger partial charge in [0, 0.05) is 37.0 Å². The molecule has 7 heteroatoms. The van der Waals surface area contributed by atoms with E-state index in [1.54, 1.807) is 37.3 Å². The Morgan fingerprint density at radius 3 is 2.42 bits per heavy atom. The highest BCUT2D eigenvalue weighted by Gasteiger charge is 2.42. The van der Waals surface area contributed by atoms with Crippen molar-refractivity contribution in [3.05, 3.63) is 59.4 Å². The highest BCUT2D eigenvalue weighted by Crippen LogP contribution is 2.40. The monoisotopic (exact) mass is 428 g/mol. The van der Waals surface area contributed by atoms with Crippen LogP contribution in [0.15, 0.2) is 42.5 Å². The highest BCUT2D eigenvalue weighted by atomic mass is 19.1. The van der Waals surface area contributed by atoms with Gasteiger partial charge < -0.3 is 19.7 Å². The smallest absolute Gasteiger partial charge is 0.225 e. The summed E-state index contributed by atoms with van der Waals surface area (Å²) < 4.78 is 24.1. The van der Waals surface area contributed by atoms with Crippen molar-refractivity contribution in [3.63, 3.8) is 0 Å². The molecule has 0 radical (unpaired) electrons. The summed E-state index contributed by atoms with van der Waals surface area (Å²) in [6.45, 7) is 4.75. The van der Waals surface area contributed by atoms with E-state index >= 15 is 0 Å². The van der Waals surface area contributed by atoms with E-state index < -0.39 is 5.92 Å². The molecule has 0 saturated carbocycles. The minimum Gasteiger partial charge on any atom is -0.497 e. The minimum atomic E-state index is -0.441. The number of nitrogens with one attached hydrogen (secondary N) is 1. The average molecular weight is 429 g/mol. The quantitative estimate of drug-likeness (QED) is 0.734. The van der Waals surface area contributed by atoms with Crippen LogP contribution < -0.4 is 14.8 Å². The fraction of sp³-hybridized carbons (Fsp3) is 0.417. The zero-order valence-electron chi connectivity index (χ0n) is 18.4. The first-order chi connectivity index (χ1) is 14.8. The summed E-state index contributed by atoms with van der Waals surface area (Å²) in [6.07, 6.45) is 0. The van der Waals surface area contributed by atoms with Crippen LogP contribution in [0, 0.1) is 17.7 Å². The second-order valence-corrected chi connectivity index (χ2v) is 8.06. The lowest BCUT2D eigenvalue weighted by molar-refractivity contribution is -0.133. The predicted octanol–water partition coefficient (Wildman–Crippen LogP) is 3.36. The molecule has 1 aliphatic rings. The van der Waals surface area contributed by atoms with Crippen molar-refractivity contribution in [2.75, 3.05) is 27.3 Å². The van der Waals surface area contributed by atoms with Crippen LogP contribution in [-0.4, -0.2) is 44.0 Å². The Bertz CT molecular complexity index is 930. The van der Waals surface area contributed by atoms with Crippen molar-refractivity contribution in [3.8, 4) is 11.5 Å². The van der Waals surface area contributed by atoms with E-state index in [0.29, 0.717) is 24.6 Å². The lowest BCUT2D eigenvalue weighted by Gasteiger charge is -2.21. The molecular weight excluding hydrogens is 399 g/mol. The van der Waals surface area contributed by atoms with E-state index in [9.17, 15) is 14.0 Å². The van der Waals surface area contributed by atoms with Crippen LogP contribution in [0.2, 0.25) is 0 Å². The molecule has 0 spiro atoms. The molecule has 1 saturated heterocycles. The number of likely N-dealkylation sites (tertiary alicyclic amines) is 1. The molecule has 2 amide bonds. The Labute approximate surface area is 182 Å². The lowest BCUT2D eigenvalue weighted by Crippen LogP contribution is -2.36. The molecule has 1 fully saturated rings. The zero-order chi connectivity index (χ0) is 22.5. The Hall–Kier alpha value is -3.09. The van der Waals surface area contributed by atoms with Gasteiger partial charge in [-0.2, -0.15) is 0 Å². The van der Waals surface area contributed by atoms with E-state index in [-0.39, 0.29) is 36.0 Å². The second kappa shape index (κ2) is 9.81. The molecule has 2 atom stereocenters. The van der Waals surface area contributed by atoms with E-state index in [0.717, 1.165) is 11.1 Å². The van der Waals surface area contributed by atoms with Gasteiger partial charge in [0.1, 0.15) is 17.3 Å². The normalized spacial score (nSPS) is 18.2. The molecule has 0 bridgehead atoms. The number of ether oxygens (including phenoxy) is 2. The molecule has 0 aliphatic carbocycles. The second-order valence-electron chi connectivity index (χ2n) is 8.06. The number of halogens is 1. The van der Waals surface area contributed by atoms with Crippen LogP contribution in [0.3, 0.4) is 0 Å². The van der Waals surface area contributed by atoms with Crippen molar-refractivity contribution < 1.29 is 23.5 Å². The summed E-state index contributed by atoms with van der Waals surface area (Å²) in [7, 11) is 3.17. The molecule has 31 heavy (non-hydrogen) atoms. The summed E-state index contributed by atoms with van der Waals surface area (Å²) in [5.74, 6) is 0.0211. The van der Waals surface area contributed by atoms with Gasteiger partial charge in [0.15, 0.2) is 0 Å². The fourth-order valence-corrected chi connectivity index (χ4v) is 3.98. The molecule has 6 nitrogen and oxygen atoms in total. The summed E-state index contributed by atoms with van der Waals surface area (Å²) in [6, 6.07) is 11.5. The number of hydrogen-bond donors (Lipinski definition) is 1. The summed E-state index contributed by atoms with van der Waals surface area (Å²) in [4.78, 5) is 27.6. The van der Waals surface area contributed by atoms with Gasteiger partial charge in [-0.3, -0.25) is 9.59 Å². The maximum Gasteiger partial charge on any atom is 0.225 e. The Kier molecular flexibility index (Phi) is 7.15. The van der Waals surface area contributed by atoms with Gasteiger partial charge in [0.05, 0.1) is 20.1 Å². The maximum atomic E-state index is 13.2. The molecular formula is C24H29FN2O4. The predicted molar refractivity (Wildman–Crippen MR) is 115 cm³/mol. The number of methoxy groups -OCH3 is 2. The molecule has 1 aliphatic heterocycles. The molecule has 1 N–H and O–H groups in total. The standard InChI is InChI=1S/C24H29FN2O4/c1-15(2)24(29)27-13-20(19-11-18(30-3)9-10-22(19)31-4)21(14-27)23(28)26-12-16-5-7-17(25)8-6-16/h5-11,15,20-21H,12-14H2,1-4H3,(H,26,28)/t20-,21+/m0/s1. The first-order valence-electron chi connectivity index (χ1n) is 10.4. The van der Waals surface area contributed by atoms with E-state index in [4.69, 9.17) is 9.47 Å². The van der Waals surface area contributed by atoms with Crippen molar-refractivity contribution in [1.29, 1.82) is 0 Å². The number of amides is 2. The van der Waals surface area contributed by atoms with Crippen LogP contribution in [-0.2, 0) is 16.1 Å². The SMILES string of the molecule is COc1ccc(OC)c([C@@H]2CN(C(=O)C(C)C)C[C@H]2C(=O)NCc2ccc(F)cc2)c1. The van der Waals surface area contributed by atoms with Crippen molar-refractivity contribution in [2.45, 2.75) is 26.3 Å². The van der Waals surface area contributed by atoms with Gasteiger partial charge in [-0.25, -0.2) is 4.39 Å². The molecule has 166 valence electrons. The highest BCUT2D eigenvalue weighted by molar-refractivity contribution is 5.84.